The van der Waals surface area contributed by atoms with E-state index < -0.39 is 0 Å². The molecule has 1 aromatic heterocycles. The zero-order chi connectivity index (χ0) is 14.5. The molecule has 4 heteroatoms. The van der Waals surface area contributed by atoms with Gasteiger partial charge < -0.3 is 5.32 Å². The van der Waals surface area contributed by atoms with Crippen LogP contribution >= 0.6 is 0 Å². The SMILES string of the molecule is CCc1nn(C)cc1C1C(CNC)CCCCN1CC. The third kappa shape index (κ3) is 3.23. The molecule has 114 valence electrons. The molecule has 2 atom stereocenters. The molecule has 0 aliphatic carbocycles. The molecule has 1 saturated heterocycles. The fraction of sp³-hybridized carbons (Fsp3) is 0.812. The Hall–Kier alpha value is -0.870. The molecule has 2 rings (SSSR count). The highest BCUT2D eigenvalue weighted by atomic mass is 15.3. The second-order valence-corrected chi connectivity index (χ2v) is 5.95. The van der Waals surface area contributed by atoms with E-state index in [4.69, 9.17) is 0 Å². The van der Waals surface area contributed by atoms with Gasteiger partial charge in [-0.3, -0.25) is 9.58 Å². The molecule has 2 unspecified atom stereocenters. The maximum atomic E-state index is 4.67. The third-order valence-corrected chi connectivity index (χ3v) is 4.57. The van der Waals surface area contributed by atoms with Crippen LogP contribution in [0.3, 0.4) is 0 Å². The van der Waals surface area contributed by atoms with E-state index >= 15 is 0 Å². The zero-order valence-electron chi connectivity index (χ0n) is 13.5. The summed E-state index contributed by atoms with van der Waals surface area (Å²) in [4.78, 5) is 2.66. The average molecular weight is 278 g/mol. The van der Waals surface area contributed by atoms with E-state index in [0.717, 1.165) is 19.5 Å². The van der Waals surface area contributed by atoms with Crippen LogP contribution in [0.5, 0.6) is 0 Å². The Bertz CT molecular complexity index is 413. The molecular weight excluding hydrogens is 248 g/mol. The van der Waals surface area contributed by atoms with Crippen molar-refractivity contribution < 1.29 is 0 Å². The molecule has 0 amide bonds. The van der Waals surface area contributed by atoms with Gasteiger partial charge in [-0.25, -0.2) is 0 Å². The van der Waals surface area contributed by atoms with E-state index in [-0.39, 0.29) is 0 Å². The number of hydrogen-bond donors (Lipinski definition) is 1. The number of nitrogens with one attached hydrogen (secondary N) is 1. The van der Waals surface area contributed by atoms with Crippen molar-refractivity contribution >= 4 is 0 Å². The quantitative estimate of drug-likeness (QED) is 0.897. The summed E-state index contributed by atoms with van der Waals surface area (Å²) in [6, 6.07) is 0.526. The van der Waals surface area contributed by atoms with E-state index in [1.54, 1.807) is 0 Å². The average Bonchev–Trinajstić information content (AvgIpc) is 2.69. The third-order valence-electron chi connectivity index (χ3n) is 4.57. The number of nitrogens with zero attached hydrogens (tertiary/aromatic N) is 3. The van der Waals surface area contributed by atoms with Gasteiger partial charge in [-0.05, 0) is 51.9 Å². The van der Waals surface area contributed by atoms with Gasteiger partial charge in [-0.1, -0.05) is 20.3 Å². The van der Waals surface area contributed by atoms with E-state index in [9.17, 15) is 0 Å². The van der Waals surface area contributed by atoms with Crippen molar-refractivity contribution in [2.45, 2.75) is 45.6 Å². The highest BCUT2D eigenvalue weighted by Crippen LogP contribution is 2.36. The zero-order valence-corrected chi connectivity index (χ0v) is 13.5. The minimum atomic E-state index is 0.526. The van der Waals surface area contributed by atoms with Crippen LogP contribution in [0.2, 0.25) is 0 Å². The van der Waals surface area contributed by atoms with Crippen molar-refractivity contribution in [2.24, 2.45) is 13.0 Å². The lowest BCUT2D eigenvalue weighted by atomic mass is 9.89. The summed E-state index contributed by atoms with van der Waals surface area (Å²) < 4.78 is 1.99. The van der Waals surface area contributed by atoms with Gasteiger partial charge in [0.15, 0.2) is 0 Å². The number of likely N-dealkylation sites (tertiary alicyclic amines) is 1. The van der Waals surface area contributed by atoms with E-state index in [1.165, 1.54) is 37.1 Å². The summed E-state index contributed by atoms with van der Waals surface area (Å²) in [7, 11) is 4.12. The fourth-order valence-electron chi connectivity index (χ4n) is 3.67. The lowest BCUT2D eigenvalue weighted by Crippen LogP contribution is -2.36. The molecular formula is C16H30N4. The molecule has 0 spiro atoms. The van der Waals surface area contributed by atoms with Gasteiger partial charge in [-0.2, -0.15) is 5.10 Å². The van der Waals surface area contributed by atoms with Crippen LogP contribution in [0.4, 0.5) is 0 Å². The van der Waals surface area contributed by atoms with Crippen LogP contribution in [0, 0.1) is 5.92 Å². The Morgan fingerprint density at radius 3 is 2.80 bits per heavy atom. The Labute approximate surface area is 123 Å². The predicted octanol–water partition coefficient (Wildman–Crippen LogP) is 2.37. The van der Waals surface area contributed by atoms with E-state index in [0.29, 0.717) is 12.0 Å². The topological polar surface area (TPSA) is 33.1 Å². The molecule has 0 bridgehead atoms. The van der Waals surface area contributed by atoms with Crippen molar-refractivity contribution in [3.8, 4) is 0 Å². The maximum absolute atomic E-state index is 4.67. The largest absolute Gasteiger partial charge is 0.319 e. The minimum Gasteiger partial charge on any atom is -0.319 e. The monoisotopic (exact) mass is 278 g/mol. The summed E-state index contributed by atoms with van der Waals surface area (Å²) in [6.45, 7) is 7.95. The Morgan fingerprint density at radius 2 is 2.15 bits per heavy atom. The normalized spacial score (nSPS) is 24.8. The van der Waals surface area contributed by atoms with Crippen molar-refractivity contribution in [2.75, 3.05) is 26.7 Å². The van der Waals surface area contributed by atoms with Crippen molar-refractivity contribution in [3.63, 3.8) is 0 Å². The molecule has 0 saturated carbocycles. The molecule has 0 radical (unpaired) electrons. The first-order chi connectivity index (χ1) is 9.71. The number of aryl methyl sites for hydroxylation is 2. The molecule has 1 fully saturated rings. The van der Waals surface area contributed by atoms with E-state index in [1.807, 2.05) is 11.7 Å². The van der Waals surface area contributed by atoms with Crippen molar-refractivity contribution in [1.29, 1.82) is 0 Å². The van der Waals surface area contributed by atoms with Gasteiger partial charge >= 0.3 is 0 Å². The second kappa shape index (κ2) is 7.23. The summed E-state index contributed by atoms with van der Waals surface area (Å²) >= 11 is 0. The minimum absolute atomic E-state index is 0.526. The van der Waals surface area contributed by atoms with E-state index in [2.05, 4.69) is 42.4 Å². The molecule has 20 heavy (non-hydrogen) atoms. The Balaban J connectivity index is 2.37. The smallest absolute Gasteiger partial charge is 0.0669 e. The Kier molecular flexibility index (Phi) is 5.61. The van der Waals surface area contributed by atoms with Crippen LogP contribution in [0.25, 0.3) is 0 Å². The number of rotatable bonds is 5. The predicted molar refractivity (Wildman–Crippen MR) is 83.8 cm³/mol. The van der Waals surface area contributed by atoms with Gasteiger partial charge in [0.2, 0.25) is 0 Å². The lowest BCUT2D eigenvalue weighted by Gasteiger charge is -2.34. The molecule has 0 aromatic carbocycles. The van der Waals surface area contributed by atoms with Gasteiger partial charge in [0.25, 0.3) is 0 Å². The van der Waals surface area contributed by atoms with Gasteiger partial charge in [0.1, 0.15) is 0 Å². The van der Waals surface area contributed by atoms with Gasteiger partial charge in [0.05, 0.1) is 5.69 Å². The molecule has 1 N–H and O–H groups in total. The summed E-state index contributed by atoms with van der Waals surface area (Å²) in [5.74, 6) is 0.692. The first-order valence-corrected chi connectivity index (χ1v) is 8.12. The lowest BCUT2D eigenvalue weighted by molar-refractivity contribution is 0.161. The molecule has 1 aliphatic heterocycles. The molecule has 4 nitrogen and oxygen atoms in total. The standard InChI is InChI=1S/C16H30N4/c1-5-15-14(12-19(4)18-15)16-13(11-17-3)9-7-8-10-20(16)6-2/h12-13,16-17H,5-11H2,1-4H3. The second-order valence-electron chi connectivity index (χ2n) is 5.95. The fourth-order valence-corrected chi connectivity index (χ4v) is 3.67. The summed E-state index contributed by atoms with van der Waals surface area (Å²) in [5, 5.41) is 8.07. The highest BCUT2D eigenvalue weighted by Gasteiger charge is 2.32. The highest BCUT2D eigenvalue weighted by molar-refractivity contribution is 5.23. The molecule has 2 heterocycles. The molecule has 1 aromatic rings. The van der Waals surface area contributed by atoms with Crippen LogP contribution in [-0.4, -0.2) is 41.4 Å². The summed E-state index contributed by atoms with van der Waals surface area (Å²) in [6.07, 6.45) is 7.27. The van der Waals surface area contributed by atoms with Crippen LogP contribution in [0.1, 0.15) is 50.4 Å². The van der Waals surface area contributed by atoms with Gasteiger partial charge in [0, 0.05) is 24.8 Å². The first kappa shape index (κ1) is 15.5. The van der Waals surface area contributed by atoms with Crippen LogP contribution in [-0.2, 0) is 13.5 Å². The number of aromatic nitrogens is 2. The van der Waals surface area contributed by atoms with Crippen LogP contribution < -0.4 is 5.32 Å². The molecule has 1 aliphatic rings. The van der Waals surface area contributed by atoms with Crippen molar-refractivity contribution in [1.82, 2.24) is 20.0 Å². The first-order valence-electron chi connectivity index (χ1n) is 8.12. The summed E-state index contributed by atoms with van der Waals surface area (Å²) in [5.41, 5.74) is 2.73. The maximum Gasteiger partial charge on any atom is 0.0669 e. The Morgan fingerprint density at radius 1 is 1.35 bits per heavy atom. The van der Waals surface area contributed by atoms with Crippen LogP contribution in [0.15, 0.2) is 6.20 Å². The van der Waals surface area contributed by atoms with Gasteiger partial charge in [-0.15, -0.1) is 0 Å². The van der Waals surface area contributed by atoms with Crippen molar-refractivity contribution in [3.05, 3.63) is 17.5 Å². The number of hydrogen-bond acceptors (Lipinski definition) is 3.